The quantitative estimate of drug-likeness (QED) is 0.418. The van der Waals surface area contributed by atoms with E-state index in [9.17, 15) is 13.6 Å². The third-order valence-electron chi connectivity index (χ3n) is 5.13. The molecule has 1 aliphatic heterocycles. The Bertz CT molecular complexity index is 1200. The van der Waals surface area contributed by atoms with Crippen LogP contribution in [0.4, 0.5) is 8.78 Å². The second-order valence-electron chi connectivity index (χ2n) is 7.32. The zero-order valence-electron chi connectivity index (χ0n) is 16.8. The Hall–Kier alpha value is -2.74. The number of pyridine rings is 1. The largest absolute Gasteiger partial charge is 0.392 e. The maximum absolute atomic E-state index is 14.7. The first-order valence-corrected chi connectivity index (χ1v) is 10.8. The van der Waals surface area contributed by atoms with Crippen LogP contribution in [-0.4, -0.2) is 29.5 Å². The van der Waals surface area contributed by atoms with Gasteiger partial charge in [-0.05, 0) is 56.3 Å². The number of rotatable bonds is 5. The van der Waals surface area contributed by atoms with E-state index in [0.29, 0.717) is 11.3 Å². The second kappa shape index (κ2) is 9.81. The van der Waals surface area contributed by atoms with Gasteiger partial charge in [-0.3, -0.25) is 9.36 Å². The molecule has 1 saturated heterocycles. The van der Waals surface area contributed by atoms with Crippen LogP contribution in [0, 0.1) is 11.6 Å². The molecule has 0 amide bonds. The third-order valence-corrected chi connectivity index (χ3v) is 5.74. The van der Waals surface area contributed by atoms with Crippen molar-refractivity contribution in [3.8, 4) is 5.69 Å². The van der Waals surface area contributed by atoms with Crippen molar-refractivity contribution >= 4 is 28.9 Å². The van der Waals surface area contributed by atoms with E-state index in [1.165, 1.54) is 29.0 Å². The molecule has 1 aliphatic rings. The van der Waals surface area contributed by atoms with Gasteiger partial charge in [0.05, 0.1) is 15.7 Å². The van der Waals surface area contributed by atoms with E-state index in [0.717, 1.165) is 38.1 Å². The topological polar surface area (TPSA) is 55.6 Å². The molecule has 1 fully saturated rings. The summed E-state index contributed by atoms with van der Waals surface area (Å²) in [6.07, 6.45) is 2.82. The number of piperidine rings is 1. The van der Waals surface area contributed by atoms with Crippen molar-refractivity contribution in [2.45, 2.75) is 18.9 Å². The molecule has 5 nitrogen and oxygen atoms in total. The highest BCUT2D eigenvalue weighted by atomic mass is 35.5. The minimum atomic E-state index is -0.800. The number of benzene rings is 2. The summed E-state index contributed by atoms with van der Waals surface area (Å²) in [7, 11) is 0. The van der Waals surface area contributed by atoms with Crippen molar-refractivity contribution < 1.29 is 13.6 Å². The zero-order chi connectivity index (χ0) is 22.7. The minimum Gasteiger partial charge on any atom is -0.392 e. The zero-order valence-corrected chi connectivity index (χ0v) is 18.3. The van der Waals surface area contributed by atoms with E-state index in [-0.39, 0.29) is 33.0 Å². The van der Waals surface area contributed by atoms with Crippen LogP contribution in [0.25, 0.3) is 5.69 Å². The predicted octanol–water partition coefficient (Wildman–Crippen LogP) is 4.94. The molecule has 0 aliphatic carbocycles. The predicted molar refractivity (Wildman–Crippen MR) is 121 cm³/mol. The van der Waals surface area contributed by atoms with Gasteiger partial charge in [-0.2, -0.15) is 0 Å². The Morgan fingerprint density at radius 2 is 1.78 bits per heavy atom. The first-order valence-electron chi connectivity index (χ1n) is 10.0. The van der Waals surface area contributed by atoms with Crippen LogP contribution >= 0.6 is 23.2 Å². The Labute approximate surface area is 193 Å². The molecule has 0 saturated carbocycles. The smallest absolute Gasteiger partial charge is 0.255 e. The van der Waals surface area contributed by atoms with Gasteiger partial charge in [0, 0.05) is 29.5 Å². The van der Waals surface area contributed by atoms with Gasteiger partial charge in [0.25, 0.3) is 5.56 Å². The van der Waals surface area contributed by atoms with Crippen LogP contribution in [0.1, 0.15) is 24.0 Å². The molecule has 0 unspecified atom stereocenters. The molecule has 1 N–H and O–H groups in total. The van der Waals surface area contributed by atoms with Gasteiger partial charge in [0.2, 0.25) is 0 Å². The van der Waals surface area contributed by atoms with Crippen molar-refractivity contribution in [1.29, 1.82) is 0 Å². The highest BCUT2D eigenvalue weighted by Crippen LogP contribution is 2.28. The average Bonchev–Trinajstić information content (AvgIpc) is 2.77. The Morgan fingerprint density at radius 1 is 1.06 bits per heavy atom. The summed E-state index contributed by atoms with van der Waals surface area (Å²) in [4.78, 5) is 18.3. The molecule has 2 aromatic carbocycles. The lowest BCUT2D eigenvalue weighted by molar-refractivity contribution is 0.0378. The number of nitrogens with zero attached hydrogens (tertiary/aromatic N) is 2. The molecule has 3 aromatic rings. The van der Waals surface area contributed by atoms with Crippen LogP contribution in [0.3, 0.4) is 0 Å². The molecular formula is C23H19Cl2F2N3O2. The molecule has 0 bridgehead atoms. The highest BCUT2D eigenvalue weighted by molar-refractivity contribution is 6.37. The van der Waals surface area contributed by atoms with Crippen LogP contribution in [0.2, 0.25) is 10.0 Å². The van der Waals surface area contributed by atoms with Gasteiger partial charge in [0.1, 0.15) is 23.5 Å². The molecule has 9 heteroatoms. The summed E-state index contributed by atoms with van der Waals surface area (Å²) in [5.74, 6) is -1.51. The van der Waals surface area contributed by atoms with Gasteiger partial charge in [-0.1, -0.05) is 34.4 Å². The SMILES string of the molecule is O=c1ccc(/C(=N/OC2CCNCC2)c2ccc(F)cc2F)cn1-c1c(Cl)cccc1Cl. The number of halogens is 4. The molecule has 2 heterocycles. The lowest BCUT2D eigenvalue weighted by Crippen LogP contribution is -2.31. The van der Waals surface area contributed by atoms with Crippen molar-refractivity contribution in [3.63, 3.8) is 0 Å². The summed E-state index contributed by atoms with van der Waals surface area (Å²) >= 11 is 12.6. The van der Waals surface area contributed by atoms with Gasteiger partial charge in [0.15, 0.2) is 0 Å². The number of nitrogens with one attached hydrogen (secondary N) is 1. The molecule has 166 valence electrons. The maximum Gasteiger partial charge on any atom is 0.255 e. The van der Waals surface area contributed by atoms with Crippen molar-refractivity contribution in [2.24, 2.45) is 5.16 Å². The average molecular weight is 478 g/mol. The van der Waals surface area contributed by atoms with Crippen molar-refractivity contribution in [2.75, 3.05) is 13.1 Å². The summed E-state index contributed by atoms with van der Waals surface area (Å²) in [5, 5.41) is 8.01. The van der Waals surface area contributed by atoms with Crippen LogP contribution in [-0.2, 0) is 4.84 Å². The molecule has 4 rings (SSSR count). The number of oxime groups is 1. The summed E-state index contributed by atoms with van der Waals surface area (Å²) < 4.78 is 29.5. The standard InChI is InChI=1S/C23H19Cl2F2N3O2/c24-18-2-1-3-19(25)23(18)30-13-14(4-7-21(30)31)22(17-6-5-15(26)12-20(17)27)29-32-16-8-10-28-11-9-16/h1-7,12-13,16,28H,8-11H2/b29-22-. The fourth-order valence-corrected chi connectivity index (χ4v) is 4.07. The van der Waals surface area contributed by atoms with E-state index < -0.39 is 11.6 Å². The normalized spacial score (nSPS) is 15.1. The first kappa shape index (κ1) is 22.5. The molecule has 32 heavy (non-hydrogen) atoms. The van der Waals surface area contributed by atoms with Crippen LogP contribution in [0.15, 0.2) is 64.7 Å². The minimum absolute atomic E-state index is 0.0378. The number of para-hydroxylation sites is 1. The van der Waals surface area contributed by atoms with Gasteiger partial charge < -0.3 is 10.2 Å². The van der Waals surface area contributed by atoms with Crippen molar-refractivity contribution in [1.82, 2.24) is 9.88 Å². The Morgan fingerprint density at radius 3 is 2.47 bits per heavy atom. The summed E-state index contributed by atoms with van der Waals surface area (Å²) in [6.45, 7) is 1.58. The van der Waals surface area contributed by atoms with Crippen LogP contribution < -0.4 is 10.9 Å². The third kappa shape index (κ3) is 4.85. The number of aromatic nitrogens is 1. The maximum atomic E-state index is 14.7. The monoisotopic (exact) mass is 477 g/mol. The van der Waals surface area contributed by atoms with E-state index >= 15 is 0 Å². The lowest BCUT2D eigenvalue weighted by atomic mass is 10.0. The molecular weight excluding hydrogens is 459 g/mol. The fourth-order valence-electron chi connectivity index (χ4n) is 3.49. The molecule has 1 aromatic heterocycles. The fraction of sp³-hybridized carbons (Fsp3) is 0.217. The number of hydrogen-bond acceptors (Lipinski definition) is 4. The summed E-state index contributed by atoms with van der Waals surface area (Å²) in [5.41, 5.74) is 0.441. The second-order valence-corrected chi connectivity index (χ2v) is 8.13. The van der Waals surface area contributed by atoms with Crippen molar-refractivity contribution in [3.05, 3.63) is 97.9 Å². The van der Waals surface area contributed by atoms with E-state index in [2.05, 4.69) is 10.5 Å². The van der Waals surface area contributed by atoms with Gasteiger partial charge in [-0.15, -0.1) is 0 Å². The van der Waals surface area contributed by atoms with Gasteiger partial charge >= 0.3 is 0 Å². The van der Waals surface area contributed by atoms with Crippen LogP contribution in [0.5, 0.6) is 0 Å². The Balaban J connectivity index is 1.83. The Kier molecular flexibility index (Phi) is 6.89. The molecule has 0 radical (unpaired) electrons. The lowest BCUT2D eigenvalue weighted by Gasteiger charge is -2.21. The first-order chi connectivity index (χ1) is 15.4. The van der Waals surface area contributed by atoms with E-state index in [1.807, 2.05) is 0 Å². The molecule has 0 spiro atoms. The number of hydrogen-bond donors (Lipinski definition) is 1. The molecule has 0 atom stereocenters. The highest BCUT2D eigenvalue weighted by Gasteiger charge is 2.19. The summed E-state index contributed by atoms with van der Waals surface area (Å²) in [6, 6.07) is 10.9. The van der Waals surface area contributed by atoms with E-state index in [4.69, 9.17) is 28.0 Å². The van der Waals surface area contributed by atoms with E-state index in [1.54, 1.807) is 18.2 Å². The van der Waals surface area contributed by atoms with Gasteiger partial charge in [-0.25, -0.2) is 8.78 Å².